The van der Waals surface area contributed by atoms with E-state index in [2.05, 4.69) is 5.32 Å². The lowest BCUT2D eigenvalue weighted by molar-refractivity contribution is -0.139. The summed E-state index contributed by atoms with van der Waals surface area (Å²) >= 11 is 0. The summed E-state index contributed by atoms with van der Waals surface area (Å²) in [5.41, 5.74) is 1.50. The molecule has 0 spiro atoms. The average molecular weight is 427 g/mol. The van der Waals surface area contributed by atoms with Crippen molar-refractivity contribution in [1.82, 2.24) is 5.32 Å². The standard InChI is InChI=1S/C23H25NO7/c1-2-29-20(15-25)12-13-30-19-10-8-17(9-11-19)14-21(22(26)27)24-23(28)31-16-18-6-4-3-5-7-18/h3-11,21H,2,12-14,16H2,1H3,(H,24,28)(H,26,27)/t21-/m0/s1. The first kappa shape index (κ1) is 23.5. The molecule has 1 atom stereocenters. The molecule has 2 aromatic carbocycles. The molecule has 0 aliphatic carbocycles. The normalized spacial score (nSPS) is 11.0. The zero-order chi connectivity index (χ0) is 22.5. The van der Waals surface area contributed by atoms with Crippen molar-refractivity contribution < 1.29 is 33.7 Å². The molecule has 2 N–H and O–H groups in total. The first-order valence-electron chi connectivity index (χ1n) is 9.80. The third-order valence-corrected chi connectivity index (χ3v) is 4.20. The van der Waals surface area contributed by atoms with Crippen LogP contribution in [0.3, 0.4) is 0 Å². The predicted octanol–water partition coefficient (Wildman–Crippen LogP) is 3.13. The number of carboxylic acid groups (broad SMARTS) is 1. The van der Waals surface area contributed by atoms with Gasteiger partial charge in [-0.25, -0.2) is 14.4 Å². The topological polar surface area (TPSA) is 111 Å². The van der Waals surface area contributed by atoms with Crippen molar-refractivity contribution in [2.75, 3.05) is 13.2 Å². The van der Waals surface area contributed by atoms with Crippen LogP contribution in [0.5, 0.6) is 5.75 Å². The van der Waals surface area contributed by atoms with E-state index >= 15 is 0 Å². The smallest absolute Gasteiger partial charge is 0.408 e. The van der Waals surface area contributed by atoms with Crippen LogP contribution in [0.1, 0.15) is 24.5 Å². The minimum Gasteiger partial charge on any atom is -0.493 e. The van der Waals surface area contributed by atoms with E-state index in [1.807, 2.05) is 18.2 Å². The molecule has 1 amide bonds. The molecule has 0 saturated heterocycles. The molecule has 0 fully saturated rings. The number of nitrogens with one attached hydrogen (secondary N) is 1. The van der Waals surface area contributed by atoms with E-state index in [4.69, 9.17) is 14.2 Å². The highest BCUT2D eigenvalue weighted by atomic mass is 16.5. The van der Waals surface area contributed by atoms with Gasteiger partial charge in [-0.15, -0.1) is 0 Å². The summed E-state index contributed by atoms with van der Waals surface area (Å²) in [5, 5.41) is 11.8. The fourth-order valence-corrected chi connectivity index (χ4v) is 2.65. The molecule has 8 heteroatoms. The molecule has 0 unspecified atom stereocenters. The van der Waals surface area contributed by atoms with Crippen molar-refractivity contribution in [2.24, 2.45) is 0 Å². The van der Waals surface area contributed by atoms with Gasteiger partial charge in [0.15, 0.2) is 11.7 Å². The summed E-state index contributed by atoms with van der Waals surface area (Å²) in [6.07, 6.45) is -0.419. The lowest BCUT2D eigenvalue weighted by atomic mass is 10.1. The van der Waals surface area contributed by atoms with E-state index in [1.165, 1.54) is 0 Å². The molecule has 2 aromatic rings. The van der Waals surface area contributed by atoms with Gasteiger partial charge in [0.05, 0.1) is 19.6 Å². The first-order chi connectivity index (χ1) is 15.0. The molecule has 8 nitrogen and oxygen atoms in total. The Labute approximate surface area is 180 Å². The lowest BCUT2D eigenvalue weighted by Gasteiger charge is -2.15. The molecule has 0 aromatic heterocycles. The van der Waals surface area contributed by atoms with E-state index in [0.29, 0.717) is 24.3 Å². The summed E-state index contributed by atoms with van der Waals surface area (Å²) in [6, 6.07) is 14.8. The Morgan fingerprint density at radius 2 is 1.74 bits per heavy atom. The van der Waals surface area contributed by atoms with Crippen LogP contribution in [0.4, 0.5) is 4.79 Å². The van der Waals surface area contributed by atoms with Gasteiger partial charge >= 0.3 is 12.1 Å². The lowest BCUT2D eigenvalue weighted by Crippen LogP contribution is -2.42. The second kappa shape index (κ2) is 12.7. The van der Waals surface area contributed by atoms with Crippen molar-refractivity contribution in [3.8, 4) is 5.75 Å². The summed E-state index contributed by atoms with van der Waals surface area (Å²) in [6.45, 7) is 2.46. The molecule has 0 saturated carbocycles. The summed E-state index contributed by atoms with van der Waals surface area (Å²) in [4.78, 5) is 34.2. The highest BCUT2D eigenvalue weighted by Crippen LogP contribution is 2.15. The zero-order valence-electron chi connectivity index (χ0n) is 17.2. The molecule has 0 heterocycles. The van der Waals surface area contributed by atoms with Crippen LogP contribution in [0.25, 0.3) is 0 Å². The molecule has 31 heavy (non-hydrogen) atoms. The minimum atomic E-state index is -1.17. The fourth-order valence-electron chi connectivity index (χ4n) is 2.65. The van der Waals surface area contributed by atoms with E-state index in [9.17, 15) is 19.5 Å². The summed E-state index contributed by atoms with van der Waals surface area (Å²) in [7, 11) is 0. The zero-order valence-corrected chi connectivity index (χ0v) is 17.2. The van der Waals surface area contributed by atoms with Crippen LogP contribution in [-0.4, -0.2) is 42.4 Å². The second-order valence-electron chi connectivity index (χ2n) is 6.50. The molecule has 0 aliphatic heterocycles. The molecular formula is C23H25NO7. The third-order valence-electron chi connectivity index (χ3n) is 4.20. The van der Waals surface area contributed by atoms with Gasteiger partial charge in [-0.1, -0.05) is 42.5 Å². The second-order valence-corrected chi connectivity index (χ2v) is 6.50. The first-order valence-corrected chi connectivity index (χ1v) is 9.80. The van der Waals surface area contributed by atoms with Crippen LogP contribution in [0.15, 0.2) is 60.4 Å². The highest BCUT2D eigenvalue weighted by molar-refractivity contribution is 5.80. The highest BCUT2D eigenvalue weighted by Gasteiger charge is 2.21. The van der Waals surface area contributed by atoms with Gasteiger partial charge in [-0.05, 0) is 30.2 Å². The van der Waals surface area contributed by atoms with Crippen LogP contribution in [0.2, 0.25) is 0 Å². The van der Waals surface area contributed by atoms with Gasteiger partial charge in [0.1, 0.15) is 18.4 Å². The molecule has 2 rings (SSSR count). The van der Waals surface area contributed by atoms with Gasteiger partial charge in [-0.2, -0.15) is 0 Å². The summed E-state index contributed by atoms with van der Waals surface area (Å²) in [5.74, 6) is 1.33. The number of carbonyl (C=O) groups excluding carboxylic acids is 2. The Bertz CT molecular complexity index is 890. The number of hydrogen-bond donors (Lipinski definition) is 2. The van der Waals surface area contributed by atoms with E-state index in [0.717, 1.165) is 5.56 Å². The average Bonchev–Trinajstić information content (AvgIpc) is 2.78. The SMILES string of the molecule is CCOC(=C=O)CCOc1ccc(C[C@H](NC(=O)OCc2ccccc2)C(=O)O)cc1. The predicted molar refractivity (Wildman–Crippen MR) is 112 cm³/mol. The largest absolute Gasteiger partial charge is 0.493 e. The van der Waals surface area contributed by atoms with Gasteiger partial charge in [-0.3, -0.25) is 0 Å². The third kappa shape index (κ3) is 8.64. The van der Waals surface area contributed by atoms with Gasteiger partial charge < -0.3 is 24.6 Å². The molecule has 0 bridgehead atoms. The van der Waals surface area contributed by atoms with E-state index in [-0.39, 0.29) is 25.4 Å². The van der Waals surface area contributed by atoms with E-state index in [1.54, 1.807) is 49.3 Å². The Morgan fingerprint density at radius 3 is 2.35 bits per heavy atom. The van der Waals surface area contributed by atoms with Crippen molar-refractivity contribution >= 4 is 18.0 Å². The monoisotopic (exact) mass is 427 g/mol. The quantitative estimate of drug-likeness (QED) is 0.395. The van der Waals surface area contributed by atoms with E-state index < -0.39 is 18.1 Å². The Hall–Kier alpha value is -3.77. The Balaban J connectivity index is 1.83. The van der Waals surface area contributed by atoms with Gasteiger partial charge in [0.2, 0.25) is 0 Å². The van der Waals surface area contributed by atoms with Gasteiger partial charge in [0, 0.05) is 6.42 Å². The maximum absolute atomic E-state index is 12.0. The number of alkyl carbamates (subject to hydrolysis) is 1. The van der Waals surface area contributed by atoms with Crippen LogP contribution >= 0.6 is 0 Å². The Morgan fingerprint density at radius 1 is 1.03 bits per heavy atom. The van der Waals surface area contributed by atoms with Gasteiger partial charge in [0.25, 0.3) is 0 Å². The van der Waals surface area contributed by atoms with Crippen molar-refractivity contribution in [1.29, 1.82) is 0 Å². The Kier molecular flexibility index (Phi) is 9.65. The number of aliphatic carboxylic acids is 1. The fraction of sp³-hybridized carbons (Fsp3) is 0.304. The summed E-state index contributed by atoms with van der Waals surface area (Å²) < 4.78 is 15.7. The van der Waals surface area contributed by atoms with Crippen LogP contribution in [-0.2, 0) is 32.1 Å². The number of ether oxygens (including phenoxy) is 3. The number of hydrogen-bond acceptors (Lipinski definition) is 6. The number of rotatable bonds is 12. The van der Waals surface area contributed by atoms with Crippen molar-refractivity contribution in [3.63, 3.8) is 0 Å². The number of carbonyl (C=O) groups is 2. The molecular weight excluding hydrogens is 402 g/mol. The van der Waals surface area contributed by atoms with Crippen LogP contribution < -0.4 is 10.1 Å². The number of amides is 1. The maximum atomic E-state index is 12.0. The number of benzene rings is 2. The number of carboxylic acids is 1. The molecule has 164 valence electrons. The van der Waals surface area contributed by atoms with Crippen LogP contribution in [0, 0.1) is 0 Å². The minimum absolute atomic E-state index is 0.0509. The van der Waals surface area contributed by atoms with Crippen molar-refractivity contribution in [3.05, 3.63) is 71.5 Å². The molecule has 0 aliphatic rings. The molecule has 0 radical (unpaired) electrons. The maximum Gasteiger partial charge on any atom is 0.408 e. The van der Waals surface area contributed by atoms with Crippen molar-refractivity contribution in [2.45, 2.75) is 32.4 Å².